The number of nitrogens with one attached hydrogen (secondary N) is 1. The second-order valence-electron chi connectivity index (χ2n) is 8.31. The first-order chi connectivity index (χ1) is 14.7. The minimum Gasteiger partial charge on any atom is -0.489 e. The molecule has 1 amide bonds. The summed E-state index contributed by atoms with van der Waals surface area (Å²) in [5.74, 6) is 1.39. The fraction of sp³-hybridized carbons (Fsp3) is 0.391. The molecule has 2 heterocycles. The number of sulfone groups is 1. The van der Waals surface area contributed by atoms with Crippen LogP contribution in [0.5, 0.6) is 5.75 Å². The van der Waals surface area contributed by atoms with Gasteiger partial charge in [-0.2, -0.15) is 0 Å². The summed E-state index contributed by atoms with van der Waals surface area (Å²) in [5.41, 5.74) is 2.03. The highest BCUT2D eigenvalue weighted by Crippen LogP contribution is 2.51. The molecule has 8 heteroatoms. The number of benzene rings is 1. The Labute approximate surface area is 183 Å². The number of anilines is 1. The van der Waals surface area contributed by atoms with Gasteiger partial charge in [0.15, 0.2) is 9.84 Å². The van der Waals surface area contributed by atoms with Crippen molar-refractivity contribution in [2.45, 2.75) is 37.0 Å². The molecule has 1 aliphatic heterocycles. The summed E-state index contributed by atoms with van der Waals surface area (Å²) in [5, 5.41) is 2.68. The molecule has 7 nitrogen and oxygen atoms in total. The van der Waals surface area contributed by atoms with Gasteiger partial charge in [0.25, 0.3) is 0 Å². The maximum absolute atomic E-state index is 12.2. The number of hydrogen-bond donors (Lipinski definition) is 1. The van der Waals surface area contributed by atoms with Crippen molar-refractivity contribution in [3.8, 4) is 5.75 Å². The van der Waals surface area contributed by atoms with E-state index in [1.165, 1.54) is 13.2 Å². The lowest BCUT2D eigenvalue weighted by Crippen LogP contribution is -2.27. The summed E-state index contributed by atoms with van der Waals surface area (Å²) in [4.78, 5) is 18.0. The normalized spacial score (nSPS) is 19.7. The Kier molecular flexibility index (Phi) is 5.51. The molecule has 2 fully saturated rings. The van der Waals surface area contributed by atoms with Crippen LogP contribution >= 0.6 is 0 Å². The molecule has 0 spiro atoms. The zero-order valence-electron chi connectivity index (χ0n) is 17.8. The van der Waals surface area contributed by atoms with Gasteiger partial charge in [-0.3, -0.25) is 4.79 Å². The number of hydrogen-bond acceptors (Lipinski definition) is 6. The molecule has 2 aromatic rings. The molecule has 164 valence electrons. The van der Waals surface area contributed by atoms with E-state index in [-0.39, 0.29) is 12.0 Å². The molecule has 1 atom stereocenters. The van der Waals surface area contributed by atoms with Crippen molar-refractivity contribution >= 4 is 27.3 Å². The van der Waals surface area contributed by atoms with E-state index < -0.39 is 14.6 Å². The summed E-state index contributed by atoms with van der Waals surface area (Å²) in [6.45, 7) is 6.79. The number of carbonyl (C=O) groups is 1. The Balaban J connectivity index is 1.40. The largest absolute Gasteiger partial charge is 0.489 e. The Hall–Kier alpha value is -2.87. The van der Waals surface area contributed by atoms with E-state index >= 15 is 0 Å². The summed E-state index contributed by atoms with van der Waals surface area (Å²) >= 11 is 0. The zero-order chi connectivity index (χ0) is 22.2. The quantitative estimate of drug-likeness (QED) is 0.711. The van der Waals surface area contributed by atoms with Gasteiger partial charge in [-0.15, -0.1) is 0 Å². The molecule has 2 aliphatic rings. The van der Waals surface area contributed by atoms with Crippen LogP contribution in [0.2, 0.25) is 0 Å². The smallest absolute Gasteiger partial charge is 0.221 e. The maximum atomic E-state index is 12.2. The molecule has 1 aromatic heterocycles. The van der Waals surface area contributed by atoms with Crippen molar-refractivity contribution < 1.29 is 17.9 Å². The van der Waals surface area contributed by atoms with E-state index in [9.17, 15) is 13.2 Å². The van der Waals surface area contributed by atoms with E-state index in [0.29, 0.717) is 30.8 Å². The van der Waals surface area contributed by atoms with Crippen molar-refractivity contribution in [1.29, 1.82) is 0 Å². The topological polar surface area (TPSA) is 88.6 Å². The molecule has 0 bridgehead atoms. The molecule has 1 aromatic carbocycles. The van der Waals surface area contributed by atoms with Crippen molar-refractivity contribution in [2.75, 3.05) is 24.2 Å². The molecule has 0 radical (unpaired) electrons. The highest BCUT2D eigenvalue weighted by atomic mass is 32.2. The summed E-state index contributed by atoms with van der Waals surface area (Å²) in [7, 11) is -3.19. The van der Waals surface area contributed by atoms with Crippen LogP contribution in [-0.2, 0) is 19.4 Å². The van der Waals surface area contributed by atoms with Gasteiger partial charge in [0, 0.05) is 31.8 Å². The van der Waals surface area contributed by atoms with E-state index in [1.54, 1.807) is 0 Å². The van der Waals surface area contributed by atoms with Gasteiger partial charge in [0.05, 0.1) is 12.2 Å². The second kappa shape index (κ2) is 8.00. The highest BCUT2D eigenvalue weighted by Gasteiger charge is 2.54. The van der Waals surface area contributed by atoms with Gasteiger partial charge in [-0.05, 0) is 54.8 Å². The number of carbonyl (C=O) groups excluding carboxylic acids is 1. The second-order valence-corrected chi connectivity index (χ2v) is 10.6. The Bertz CT molecular complexity index is 1110. The molecule has 1 N–H and O–H groups in total. The Morgan fingerprint density at radius 2 is 1.94 bits per heavy atom. The highest BCUT2D eigenvalue weighted by molar-refractivity contribution is 7.91. The molecule has 1 aliphatic carbocycles. The average molecular weight is 442 g/mol. The predicted octanol–water partition coefficient (Wildman–Crippen LogP) is 2.88. The van der Waals surface area contributed by atoms with Gasteiger partial charge >= 0.3 is 0 Å². The molecule has 4 rings (SSSR count). The minimum atomic E-state index is -3.19. The van der Waals surface area contributed by atoms with Crippen LogP contribution in [-0.4, -0.2) is 44.8 Å². The van der Waals surface area contributed by atoms with Crippen molar-refractivity contribution in [3.05, 3.63) is 60.3 Å². The minimum absolute atomic E-state index is 0.0136. The molecular formula is C23H27N3O4S. The first kappa shape index (κ1) is 21.4. The molecule has 31 heavy (non-hydrogen) atoms. The van der Waals surface area contributed by atoms with Crippen LogP contribution < -0.4 is 15.0 Å². The zero-order valence-corrected chi connectivity index (χ0v) is 18.6. The number of amides is 1. The first-order valence-electron chi connectivity index (χ1n) is 10.3. The third-order valence-electron chi connectivity index (χ3n) is 5.92. The van der Waals surface area contributed by atoms with E-state index in [2.05, 4.69) is 16.8 Å². The van der Waals surface area contributed by atoms with Crippen LogP contribution in [0.15, 0.2) is 49.0 Å². The third kappa shape index (κ3) is 4.44. The molecule has 1 saturated carbocycles. The molecule has 1 unspecified atom stereocenters. The van der Waals surface area contributed by atoms with Gasteiger partial charge in [-0.25, -0.2) is 13.4 Å². The lowest BCUT2D eigenvalue weighted by Gasteiger charge is -2.20. The van der Waals surface area contributed by atoms with Gasteiger partial charge in [0.2, 0.25) is 5.91 Å². The number of pyridine rings is 1. The Morgan fingerprint density at radius 1 is 1.23 bits per heavy atom. The SMILES string of the molecule is C=C(NC(C)=O)c1ccc(OC2CCN(c3cccc(C4(S(C)(=O)=O)CC4)n3)C2)cc1. The monoisotopic (exact) mass is 441 g/mol. The fourth-order valence-electron chi connectivity index (χ4n) is 4.03. The van der Waals surface area contributed by atoms with E-state index in [0.717, 1.165) is 30.1 Å². The van der Waals surface area contributed by atoms with Crippen LogP contribution in [0.25, 0.3) is 5.70 Å². The van der Waals surface area contributed by atoms with Gasteiger partial charge < -0.3 is 15.0 Å². The fourth-order valence-corrected chi connectivity index (χ4v) is 5.37. The number of aromatic nitrogens is 1. The van der Waals surface area contributed by atoms with E-state index in [1.807, 2.05) is 42.5 Å². The van der Waals surface area contributed by atoms with Crippen LogP contribution in [0.4, 0.5) is 5.82 Å². The average Bonchev–Trinajstić information content (AvgIpc) is 3.42. The van der Waals surface area contributed by atoms with Crippen molar-refractivity contribution in [3.63, 3.8) is 0 Å². The third-order valence-corrected chi connectivity index (χ3v) is 7.95. The van der Waals surface area contributed by atoms with Crippen LogP contribution in [0.1, 0.15) is 37.4 Å². The predicted molar refractivity (Wildman–Crippen MR) is 121 cm³/mol. The van der Waals surface area contributed by atoms with Crippen molar-refractivity contribution in [2.24, 2.45) is 0 Å². The van der Waals surface area contributed by atoms with Crippen LogP contribution in [0.3, 0.4) is 0 Å². The number of ether oxygens (including phenoxy) is 1. The summed E-state index contributed by atoms with van der Waals surface area (Å²) < 4.78 is 29.8. The standard InChI is InChI=1S/C23H27N3O4S/c1-16(24-17(2)27)18-7-9-19(10-8-18)30-20-11-14-26(15-20)22-6-4-5-21(25-22)23(12-13-23)31(3,28)29/h4-10,20H,1,11-15H2,2-3H3,(H,24,27). The van der Waals surface area contributed by atoms with Crippen molar-refractivity contribution in [1.82, 2.24) is 10.3 Å². The van der Waals surface area contributed by atoms with Gasteiger partial charge in [0.1, 0.15) is 22.4 Å². The van der Waals surface area contributed by atoms with Crippen LogP contribution in [0, 0.1) is 0 Å². The lowest BCUT2D eigenvalue weighted by molar-refractivity contribution is -0.117. The Morgan fingerprint density at radius 3 is 2.55 bits per heavy atom. The number of nitrogens with zero attached hydrogens (tertiary/aromatic N) is 2. The lowest BCUT2D eigenvalue weighted by atomic mass is 10.1. The number of rotatable bonds is 7. The molecular weight excluding hydrogens is 414 g/mol. The van der Waals surface area contributed by atoms with E-state index in [4.69, 9.17) is 9.72 Å². The molecule has 1 saturated heterocycles. The first-order valence-corrected chi connectivity index (χ1v) is 12.2. The summed E-state index contributed by atoms with van der Waals surface area (Å²) in [6.07, 6.45) is 3.44. The van der Waals surface area contributed by atoms with Gasteiger partial charge in [-0.1, -0.05) is 12.6 Å². The summed E-state index contributed by atoms with van der Waals surface area (Å²) in [6, 6.07) is 13.1. The maximum Gasteiger partial charge on any atom is 0.221 e.